The Hall–Kier alpha value is -1.99. The van der Waals surface area contributed by atoms with Crippen molar-refractivity contribution in [2.75, 3.05) is 18.1 Å². The van der Waals surface area contributed by atoms with Crippen LogP contribution in [0.5, 0.6) is 5.75 Å². The number of benzene rings is 1. The number of nitrogens with zero attached hydrogens (tertiary/aromatic N) is 1. The summed E-state index contributed by atoms with van der Waals surface area (Å²) in [6.45, 7) is 0.0366. The van der Waals surface area contributed by atoms with E-state index in [1.54, 1.807) is 36.4 Å². The Bertz CT molecular complexity index is 817. The Morgan fingerprint density at radius 3 is 2.64 bits per heavy atom. The topological polar surface area (TPSA) is 76.8 Å². The summed E-state index contributed by atoms with van der Waals surface area (Å²) in [5, 5.41) is 0.578. The molecule has 25 heavy (non-hydrogen) atoms. The number of amides is 1. The molecule has 2 aromatic rings. The van der Waals surface area contributed by atoms with Crippen LogP contribution in [0.15, 0.2) is 47.1 Å². The van der Waals surface area contributed by atoms with Crippen molar-refractivity contribution >= 4 is 27.3 Å². The SMILES string of the molecule is O=C(COc1ccc(Cl)cc1)N(Cc1ccco1)[C@H]1CCS(=O)(=O)C1. The van der Waals surface area contributed by atoms with Gasteiger partial charge in [-0.1, -0.05) is 11.6 Å². The third-order valence-corrected chi connectivity index (χ3v) is 6.05. The van der Waals surface area contributed by atoms with Crippen molar-refractivity contribution in [3.05, 3.63) is 53.4 Å². The molecule has 0 radical (unpaired) electrons. The molecule has 1 amide bonds. The minimum absolute atomic E-state index is 0.0274. The van der Waals surface area contributed by atoms with E-state index in [0.29, 0.717) is 23.0 Å². The van der Waals surface area contributed by atoms with Crippen molar-refractivity contribution in [2.45, 2.75) is 19.0 Å². The number of carbonyl (C=O) groups is 1. The van der Waals surface area contributed by atoms with Crippen LogP contribution in [0.2, 0.25) is 5.02 Å². The van der Waals surface area contributed by atoms with Gasteiger partial charge < -0.3 is 14.1 Å². The Labute approximate surface area is 151 Å². The molecule has 6 nitrogen and oxygen atoms in total. The molecule has 2 heterocycles. The highest BCUT2D eigenvalue weighted by Gasteiger charge is 2.35. The fourth-order valence-corrected chi connectivity index (χ4v) is 4.63. The summed E-state index contributed by atoms with van der Waals surface area (Å²) >= 11 is 5.82. The van der Waals surface area contributed by atoms with E-state index >= 15 is 0 Å². The van der Waals surface area contributed by atoms with E-state index in [4.69, 9.17) is 20.8 Å². The van der Waals surface area contributed by atoms with Gasteiger partial charge in [-0.15, -0.1) is 0 Å². The maximum atomic E-state index is 12.6. The fourth-order valence-electron chi connectivity index (χ4n) is 2.77. The maximum Gasteiger partial charge on any atom is 0.261 e. The van der Waals surface area contributed by atoms with E-state index in [1.165, 1.54) is 11.2 Å². The van der Waals surface area contributed by atoms with Gasteiger partial charge in [0.15, 0.2) is 16.4 Å². The highest BCUT2D eigenvalue weighted by atomic mass is 35.5. The number of hydrogen-bond donors (Lipinski definition) is 0. The average molecular weight is 384 g/mol. The number of halogens is 1. The Morgan fingerprint density at radius 2 is 2.04 bits per heavy atom. The van der Waals surface area contributed by atoms with Crippen molar-refractivity contribution in [3.8, 4) is 5.75 Å². The van der Waals surface area contributed by atoms with E-state index in [9.17, 15) is 13.2 Å². The molecule has 0 saturated carbocycles. The van der Waals surface area contributed by atoms with Crippen LogP contribution in [0.25, 0.3) is 0 Å². The molecule has 0 spiro atoms. The summed E-state index contributed by atoms with van der Waals surface area (Å²) in [6, 6.07) is 9.81. The minimum Gasteiger partial charge on any atom is -0.484 e. The van der Waals surface area contributed by atoms with Crippen LogP contribution in [0, 0.1) is 0 Å². The molecule has 1 saturated heterocycles. The predicted octanol–water partition coefficient (Wildman–Crippen LogP) is 2.53. The molecule has 1 fully saturated rings. The molecule has 0 unspecified atom stereocenters. The summed E-state index contributed by atoms with van der Waals surface area (Å²) in [5.74, 6) is 0.908. The monoisotopic (exact) mass is 383 g/mol. The molecular formula is C17H18ClNO5S. The van der Waals surface area contributed by atoms with Gasteiger partial charge in [0.25, 0.3) is 5.91 Å². The second-order valence-corrected chi connectivity index (χ2v) is 8.57. The zero-order valence-corrected chi connectivity index (χ0v) is 15.0. The average Bonchev–Trinajstić information content (AvgIpc) is 3.21. The van der Waals surface area contributed by atoms with E-state index in [0.717, 1.165) is 0 Å². The lowest BCUT2D eigenvalue weighted by molar-refractivity contribution is -0.136. The Kier molecular flexibility index (Phi) is 5.34. The second kappa shape index (κ2) is 7.49. The van der Waals surface area contributed by atoms with Gasteiger partial charge in [-0.3, -0.25) is 4.79 Å². The minimum atomic E-state index is -3.10. The first-order valence-corrected chi connectivity index (χ1v) is 10.0. The number of furan rings is 1. The number of sulfone groups is 1. The summed E-state index contributed by atoms with van der Waals surface area (Å²) in [4.78, 5) is 14.2. The fraction of sp³-hybridized carbons (Fsp3) is 0.353. The molecule has 1 aromatic carbocycles. The molecule has 1 aromatic heterocycles. The van der Waals surface area contributed by atoms with E-state index < -0.39 is 9.84 Å². The quantitative estimate of drug-likeness (QED) is 0.766. The van der Waals surface area contributed by atoms with Crippen LogP contribution >= 0.6 is 11.6 Å². The zero-order chi connectivity index (χ0) is 17.9. The molecule has 1 atom stereocenters. The van der Waals surface area contributed by atoms with Crippen molar-refractivity contribution in [1.29, 1.82) is 0 Å². The third kappa shape index (κ3) is 4.76. The molecule has 0 bridgehead atoms. The molecular weight excluding hydrogens is 366 g/mol. The zero-order valence-electron chi connectivity index (χ0n) is 13.4. The molecule has 1 aliphatic rings. The van der Waals surface area contributed by atoms with Gasteiger partial charge in [-0.25, -0.2) is 8.42 Å². The first-order valence-electron chi connectivity index (χ1n) is 7.83. The normalized spacial score (nSPS) is 18.8. The largest absolute Gasteiger partial charge is 0.484 e. The summed E-state index contributed by atoms with van der Waals surface area (Å²) in [5.41, 5.74) is 0. The van der Waals surface area contributed by atoms with Gasteiger partial charge in [0.2, 0.25) is 0 Å². The lowest BCUT2D eigenvalue weighted by Crippen LogP contribution is -2.43. The molecule has 0 N–H and O–H groups in total. The second-order valence-electron chi connectivity index (χ2n) is 5.90. The standard InChI is InChI=1S/C17H18ClNO5S/c18-13-3-5-15(6-4-13)24-11-17(20)19(10-16-2-1-8-23-16)14-7-9-25(21,22)12-14/h1-6,8,14H,7,9-12H2/t14-/m0/s1. The van der Waals surface area contributed by atoms with Crippen molar-refractivity contribution in [2.24, 2.45) is 0 Å². The molecule has 134 valence electrons. The number of hydrogen-bond acceptors (Lipinski definition) is 5. The molecule has 8 heteroatoms. The highest BCUT2D eigenvalue weighted by Crippen LogP contribution is 2.21. The van der Waals surface area contributed by atoms with E-state index in [1.807, 2.05) is 0 Å². The first kappa shape index (κ1) is 17.8. The highest BCUT2D eigenvalue weighted by molar-refractivity contribution is 7.91. The number of rotatable bonds is 6. The van der Waals surface area contributed by atoms with Crippen LogP contribution in [-0.4, -0.2) is 43.4 Å². The van der Waals surface area contributed by atoms with Crippen LogP contribution in [0.4, 0.5) is 0 Å². The van der Waals surface area contributed by atoms with Crippen molar-refractivity contribution in [1.82, 2.24) is 4.90 Å². The Balaban J connectivity index is 1.69. The van der Waals surface area contributed by atoms with Gasteiger partial charge >= 0.3 is 0 Å². The van der Waals surface area contributed by atoms with E-state index in [-0.39, 0.29) is 36.6 Å². The summed E-state index contributed by atoms with van der Waals surface area (Å²) < 4.78 is 34.4. The Morgan fingerprint density at radius 1 is 1.28 bits per heavy atom. The lowest BCUT2D eigenvalue weighted by atomic mass is 10.2. The van der Waals surface area contributed by atoms with Gasteiger partial charge in [0.05, 0.1) is 24.3 Å². The lowest BCUT2D eigenvalue weighted by Gasteiger charge is -2.27. The van der Waals surface area contributed by atoms with Crippen molar-refractivity contribution < 1.29 is 22.4 Å². The third-order valence-electron chi connectivity index (χ3n) is 4.05. The van der Waals surface area contributed by atoms with Gasteiger partial charge in [0, 0.05) is 11.1 Å². The summed E-state index contributed by atoms with van der Waals surface area (Å²) in [7, 11) is -3.10. The smallest absolute Gasteiger partial charge is 0.261 e. The van der Waals surface area contributed by atoms with Gasteiger partial charge in [0.1, 0.15) is 11.5 Å². The van der Waals surface area contributed by atoms with Crippen LogP contribution in [0.1, 0.15) is 12.2 Å². The molecule has 0 aliphatic carbocycles. The maximum absolute atomic E-state index is 12.6. The first-order chi connectivity index (χ1) is 11.9. The number of carbonyl (C=O) groups excluding carboxylic acids is 1. The number of ether oxygens (including phenoxy) is 1. The summed E-state index contributed by atoms with van der Waals surface area (Å²) in [6.07, 6.45) is 1.95. The van der Waals surface area contributed by atoms with Crippen LogP contribution in [0.3, 0.4) is 0 Å². The predicted molar refractivity (Wildman–Crippen MR) is 93.3 cm³/mol. The van der Waals surface area contributed by atoms with Crippen LogP contribution < -0.4 is 4.74 Å². The molecule has 3 rings (SSSR count). The van der Waals surface area contributed by atoms with E-state index in [2.05, 4.69) is 0 Å². The van der Waals surface area contributed by atoms with Gasteiger partial charge in [-0.05, 0) is 42.8 Å². The van der Waals surface area contributed by atoms with Gasteiger partial charge in [-0.2, -0.15) is 0 Å². The molecule has 1 aliphatic heterocycles. The van der Waals surface area contributed by atoms with Crippen LogP contribution in [-0.2, 0) is 21.2 Å². The van der Waals surface area contributed by atoms with Crippen molar-refractivity contribution in [3.63, 3.8) is 0 Å².